The van der Waals surface area contributed by atoms with E-state index in [1.54, 1.807) is 0 Å². The Morgan fingerprint density at radius 1 is 1.69 bits per heavy atom. The Morgan fingerprint density at radius 2 is 2.50 bits per heavy atom. The summed E-state index contributed by atoms with van der Waals surface area (Å²) in [6, 6.07) is 0.187. The molecule has 16 heavy (non-hydrogen) atoms. The fourth-order valence-electron chi connectivity index (χ4n) is 2.42. The van der Waals surface area contributed by atoms with Crippen LogP contribution in [0.3, 0.4) is 0 Å². The fraction of sp³-hybridized carbons (Fsp3) is 0.750. The Hall–Kier alpha value is -0.870. The van der Waals surface area contributed by atoms with E-state index in [4.69, 9.17) is 10.5 Å². The molecule has 1 fully saturated rings. The molecule has 2 rings (SSSR count). The van der Waals surface area contributed by atoms with Crippen molar-refractivity contribution in [3.8, 4) is 0 Å². The SMILES string of the molecule is CCn1cc(CC(N)C2CCOC2C)cn1. The quantitative estimate of drug-likeness (QED) is 0.834. The van der Waals surface area contributed by atoms with Crippen LogP contribution < -0.4 is 5.73 Å². The van der Waals surface area contributed by atoms with Crippen LogP contribution in [0.4, 0.5) is 0 Å². The van der Waals surface area contributed by atoms with Gasteiger partial charge >= 0.3 is 0 Å². The summed E-state index contributed by atoms with van der Waals surface area (Å²) < 4.78 is 7.49. The summed E-state index contributed by atoms with van der Waals surface area (Å²) in [7, 11) is 0. The largest absolute Gasteiger partial charge is 0.378 e. The summed E-state index contributed by atoms with van der Waals surface area (Å²) in [6.07, 6.45) is 6.29. The van der Waals surface area contributed by atoms with Crippen LogP contribution >= 0.6 is 0 Å². The van der Waals surface area contributed by atoms with E-state index in [2.05, 4.69) is 25.1 Å². The van der Waals surface area contributed by atoms with Crippen LogP contribution in [-0.2, 0) is 17.7 Å². The lowest BCUT2D eigenvalue weighted by atomic mass is 9.90. The third kappa shape index (κ3) is 2.44. The van der Waals surface area contributed by atoms with E-state index in [1.807, 2.05) is 10.9 Å². The van der Waals surface area contributed by atoms with Gasteiger partial charge in [-0.15, -0.1) is 0 Å². The molecule has 0 bridgehead atoms. The van der Waals surface area contributed by atoms with E-state index in [1.165, 1.54) is 5.56 Å². The summed E-state index contributed by atoms with van der Waals surface area (Å²) in [5.41, 5.74) is 7.47. The van der Waals surface area contributed by atoms with Crippen LogP contribution in [0.2, 0.25) is 0 Å². The molecule has 0 aromatic carbocycles. The van der Waals surface area contributed by atoms with E-state index in [0.717, 1.165) is 26.0 Å². The van der Waals surface area contributed by atoms with Crippen LogP contribution in [0, 0.1) is 5.92 Å². The first-order valence-corrected chi connectivity index (χ1v) is 6.09. The fourth-order valence-corrected chi connectivity index (χ4v) is 2.42. The highest BCUT2D eigenvalue weighted by Crippen LogP contribution is 2.24. The van der Waals surface area contributed by atoms with Crippen molar-refractivity contribution in [1.82, 2.24) is 9.78 Å². The molecule has 0 spiro atoms. The average Bonchev–Trinajstić information content (AvgIpc) is 2.86. The lowest BCUT2D eigenvalue weighted by Crippen LogP contribution is -2.35. The van der Waals surface area contributed by atoms with E-state index in [-0.39, 0.29) is 6.04 Å². The maximum Gasteiger partial charge on any atom is 0.0590 e. The van der Waals surface area contributed by atoms with Gasteiger partial charge in [0.05, 0.1) is 12.3 Å². The maximum atomic E-state index is 6.24. The highest BCUT2D eigenvalue weighted by Gasteiger charge is 2.29. The van der Waals surface area contributed by atoms with E-state index < -0.39 is 0 Å². The lowest BCUT2D eigenvalue weighted by Gasteiger charge is -2.21. The zero-order valence-electron chi connectivity index (χ0n) is 10.1. The van der Waals surface area contributed by atoms with Gasteiger partial charge in [0, 0.05) is 31.3 Å². The smallest absolute Gasteiger partial charge is 0.0590 e. The van der Waals surface area contributed by atoms with Crippen molar-refractivity contribution < 1.29 is 4.74 Å². The molecule has 1 aromatic rings. The van der Waals surface area contributed by atoms with Gasteiger partial charge < -0.3 is 10.5 Å². The molecule has 0 amide bonds. The van der Waals surface area contributed by atoms with Gasteiger partial charge in [0.15, 0.2) is 0 Å². The molecule has 1 aliphatic rings. The summed E-state index contributed by atoms with van der Waals surface area (Å²) in [5.74, 6) is 0.491. The number of hydrogen-bond acceptors (Lipinski definition) is 3. The highest BCUT2D eigenvalue weighted by molar-refractivity contribution is 5.07. The van der Waals surface area contributed by atoms with E-state index >= 15 is 0 Å². The summed E-state index contributed by atoms with van der Waals surface area (Å²) in [6.45, 7) is 5.97. The number of nitrogens with two attached hydrogens (primary N) is 1. The molecule has 1 saturated heterocycles. The minimum atomic E-state index is 0.187. The first-order chi connectivity index (χ1) is 7.70. The third-order valence-corrected chi connectivity index (χ3v) is 3.47. The second-order valence-corrected chi connectivity index (χ2v) is 4.60. The van der Waals surface area contributed by atoms with Gasteiger partial charge in [-0.1, -0.05) is 0 Å². The molecule has 4 nitrogen and oxygen atoms in total. The van der Waals surface area contributed by atoms with Crippen molar-refractivity contribution in [2.24, 2.45) is 11.7 Å². The van der Waals surface area contributed by atoms with Crippen LogP contribution in [0.5, 0.6) is 0 Å². The monoisotopic (exact) mass is 223 g/mol. The van der Waals surface area contributed by atoms with Crippen molar-refractivity contribution in [1.29, 1.82) is 0 Å². The Bertz CT molecular complexity index is 337. The van der Waals surface area contributed by atoms with Gasteiger partial charge in [-0.25, -0.2) is 0 Å². The van der Waals surface area contributed by atoms with Crippen LogP contribution in [0.1, 0.15) is 25.8 Å². The predicted molar refractivity (Wildman–Crippen MR) is 63.1 cm³/mol. The van der Waals surface area contributed by atoms with Gasteiger partial charge in [0.2, 0.25) is 0 Å². The first-order valence-electron chi connectivity index (χ1n) is 6.09. The van der Waals surface area contributed by atoms with Crippen molar-refractivity contribution >= 4 is 0 Å². The number of rotatable bonds is 4. The third-order valence-electron chi connectivity index (χ3n) is 3.47. The van der Waals surface area contributed by atoms with Gasteiger partial charge in [0.1, 0.15) is 0 Å². The molecule has 1 aliphatic heterocycles. The minimum Gasteiger partial charge on any atom is -0.378 e. The zero-order valence-corrected chi connectivity index (χ0v) is 10.1. The first kappa shape index (κ1) is 11.6. The predicted octanol–water partition coefficient (Wildman–Crippen LogP) is 1.20. The van der Waals surface area contributed by atoms with E-state index in [9.17, 15) is 0 Å². The molecular weight excluding hydrogens is 202 g/mol. The Balaban J connectivity index is 1.93. The van der Waals surface area contributed by atoms with Crippen molar-refractivity contribution in [3.05, 3.63) is 18.0 Å². The number of aromatic nitrogens is 2. The second-order valence-electron chi connectivity index (χ2n) is 4.60. The van der Waals surface area contributed by atoms with Crippen molar-refractivity contribution in [2.75, 3.05) is 6.61 Å². The number of hydrogen-bond donors (Lipinski definition) is 1. The van der Waals surface area contributed by atoms with Gasteiger partial charge in [0.25, 0.3) is 0 Å². The number of aryl methyl sites for hydroxylation is 1. The topological polar surface area (TPSA) is 53.1 Å². The average molecular weight is 223 g/mol. The van der Waals surface area contributed by atoms with Gasteiger partial charge in [-0.3, -0.25) is 4.68 Å². The Kier molecular flexibility index (Phi) is 3.61. The highest BCUT2D eigenvalue weighted by atomic mass is 16.5. The molecule has 2 N–H and O–H groups in total. The van der Waals surface area contributed by atoms with Crippen molar-refractivity contribution in [3.63, 3.8) is 0 Å². The van der Waals surface area contributed by atoms with E-state index in [0.29, 0.717) is 12.0 Å². The molecule has 4 heteroatoms. The Morgan fingerprint density at radius 3 is 3.06 bits per heavy atom. The molecule has 3 unspecified atom stereocenters. The molecule has 90 valence electrons. The van der Waals surface area contributed by atoms with Crippen LogP contribution in [-0.4, -0.2) is 28.5 Å². The summed E-state index contributed by atoms with van der Waals surface area (Å²) in [5, 5.41) is 4.26. The standard InChI is InChI=1S/C12H21N3O/c1-3-15-8-10(7-14-15)6-12(13)11-4-5-16-9(11)2/h7-9,11-12H,3-6,13H2,1-2H3. The molecule has 0 radical (unpaired) electrons. The van der Waals surface area contributed by atoms with Crippen LogP contribution in [0.15, 0.2) is 12.4 Å². The molecule has 0 aliphatic carbocycles. The maximum absolute atomic E-state index is 6.24. The van der Waals surface area contributed by atoms with Gasteiger partial charge in [-0.2, -0.15) is 5.10 Å². The zero-order chi connectivity index (χ0) is 11.5. The van der Waals surface area contributed by atoms with Crippen molar-refractivity contribution in [2.45, 2.75) is 45.4 Å². The molecule has 3 atom stereocenters. The molecular formula is C12H21N3O. The lowest BCUT2D eigenvalue weighted by molar-refractivity contribution is 0.0995. The van der Waals surface area contributed by atoms with Gasteiger partial charge in [-0.05, 0) is 32.3 Å². The molecule has 2 heterocycles. The van der Waals surface area contributed by atoms with Crippen LogP contribution in [0.25, 0.3) is 0 Å². The normalized spacial score (nSPS) is 27.2. The second kappa shape index (κ2) is 4.97. The number of nitrogens with zero attached hydrogens (tertiary/aromatic N) is 2. The molecule has 0 saturated carbocycles. The summed E-state index contributed by atoms with van der Waals surface area (Å²) >= 11 is 0. The Labute approximate surface area is 96.8 Å². The molecule has 1 aromatic heterocycles. The summed E-state index contributed by atoms with van der Waals surface area (Å²) in [4.78, 5) is 0. The minimum absolute atomic E-state index is 0.187. The number of ether oxygens (including phenoxy) is 1.